The summed E-state index contributed by atoms with van der Waals surface area (Å²) < 4.78 is 39.7. The maximum Gasteiger partial charge on any atom is 0.255 e. The highest BCUT2D eigenvalue weighted by molar-refractivity contribution is 6.04. The van der Waals surface area contributed by atoms with Crippen LogP contribution in [0.5, 0.6) is 0 Å². The van der Waals surface area contributed by atoms with Gasteiger partial charge in [0.25, 0.3) is 5.91 Å². The number of nitrogens with zero attached hydrogens (tertiary/aromatic N) is 1. The van der Waals surface area contributed by atoms with Crippen LogP contribution in [0, 0.1) is 24.4 Å². The van der Waals surface area contributed by atoms with E-state index in [9.17, 15) is 18.0 Å². The lowest BCUT2D eigenvalue weighted by atomic mass is 10.2. The first-order valence-electron chi connectivity index (χ1n) is 6.03. The normalized spacial score (nSPS) is 10.3. The van der Waals surface area contributed by atoms with Crippen molar-refractivity contribution in [3.05, 3.63) is 53.0 Å². The van der Waals surface area contributed by atoms with Crippen molar-refractivity contribution in [2.24, 2.45) is 0 Å². The fraction of sp³-hybridized carbons (Fsp3) is 0.143. The molecule has 0 unspecified atom stereocenters. The molecule has 0 aliphatic rings. The first-order valence-corrected chi connectivity index (χ1v) is 6.03. The molecule has 110 valence electrons. The van der Waals surface area contributed by atoms with Gasteiger partial charge in [0.15, 0.2) is 11.6 Å². The van der Waals surface area contributed by atoms with Gasteiger partial charge in [-0.1, -0.05) is 0 Å². The Morgan fingerprint density at radius 3 is 2.52 bits per heavy atom. The number of hydrogen-bond donors (Lipinski definition) is 2. The summed E-state index contributed by atoms with van der Waals surface area (Å²) in [5, 5.41) is 4.91. The number of aromatic nitrogens is 1. The predicted octanol–water partition coefficient (Wildman–Crippen LogP) is 3.10. The Morgan fingerprint density at radius 1 is 1.14 bits per heavy atom. The topological polar surface area (TPSA) is 54.0 Å². The molecule has 2 rings (SSSR count). The van der Waals surface area contributed by atoms with Crippen LogP contribution in [0.1, 0.15) is 16.1 Å². The minimum Gasteiger partial charge on any atom is -0.373 e. The number of benzene rings is 1. The summed E-state index contributed by atoms with van der Waals surface area (Å²) in [6.45, 7) is 1.68. The molecule has 1 amide bonds. The molecular weight excluding hydrogens is 283 g/mol. The number of pyridine rings is 1. The van der Waals surface area contributed by atoms with Crippen LogP contribution in [0.2, 0.25) is 0 Å². The van der Waals surface area contributed by atoms with Gasteiger partial charge in [-0.25, -0.2) is 18.2 Å². The van der Waals surface area contributed by atoms with Crippen molar-refractivity contribution in [3.8, 4) is 0 Å². The van der Waals surface area contributed by atoms with E-state index in [-0.39, 0.29) is 5.56 Å². The second kappa shape index (κ2) is 5.82. The Labute approximate surface area is 119 Å². The van der Waals surface area contributed by atoms with Crippen molar-refractivity contribution < 1.29 is 18.0 Å². The first kappa shape index (κ1) is 14.8. The SMILES string of the molecule is CNc1cc(C(=O)Nc2cc(F)cc(F)c2F)cc(C)n1. The Hall–Kier alpha value is -2.57. The van der Waals surface area contributed by atoms with Gasteiger partial charge in [-0.05, 0) is 19.1 Å². The van der Waals surface area contributed by atoms with Gasteiger partial charge in [-0.15, -0.1) is 0 Å². The van der Waals surface area contributed by atoms with Gasteiger partial charge < -0.3 is 10.6 Å². The predicted molar refractivity (Wildman–Crippen MR) is 72.8 cm³/mol. The van der Waals surface area contributed by atoms with Crippen molar-refractivity contribution in [1.29, 1.82) is 0 Å². The van der Waals surface area contributed by atoms with Crippen molar-refractivity contribution in [2.45, 2.75) is 6.92 Å². The fourth-order valence-corrected chi connectivity index (χ4v) is 1.77. The second-order valence-corrected chi connectivity index (χ2v) is 4.34. The van der Waals surface area contributed by atoms with Gasteiger partial charge in [0.1, 0.15) is 11.6 Å². The van der Waals surface area contributed by atoms with E-state index in [0.717, 1.165) is 0 Å². The molecule has 0 bridgehead atoms. The zero-order valence-electron chi connectivity index (χ0n) is 11.3. The van der Waals surface area contributed by atoms with E-state index in [1.807, 2.05) is 0 Å². The molecule has 1 aromatic carbocycles. The summed E-state index contributed by atoms with van der Waals surface area (Å²) in [7, 11) is 1.63. The van der Waals surface area contributed by atoms with Crippen molar-refractivity contribution in [1.82, 2.24) is 4.98 Å². The van der Waals surface area contributed by atoms with E-state index in [0.29, 0.717) is 23.6 Å². The van der Waals surface area contributed by atoms with Crippen LogP contribution < -0.4 is 10.6 Å². The molecule has 0 radical (unpaired) electrons. The standard InChI is InChI=1S/C14H12F3N3O/c1-7-3-8(4-12(18-2)19-7)14(21)20-11-6-9(15)5-10(16)13(11)17/h3-6H,1-2H3,(H,18,19)(H,20,21). The third-order valence-corrected chi connectivity index (χ3v) is 2.71. The van der Waals surface area contributed by atoms with Crippen molar-refractivity contribution in [2.75, 3.05) is 17.7 Å². The number of nitrogens with one attached hydrogen (secondary N) is 2. The molecule has 0 aliphatic heterocycles. The van der Waals surface area contributed by atoms with E-state index >= 15 is 0 Å². The Balaban J connectivity index is 2.32. The number of halogens is 3. The van der Waals surface area contributed by atoms with Crippen LogP contribution in [0.4, 0.5) is 24.7 Å². The molecule has 0 saturated carbocycles. The summed E-state index contributed by atoms with van der Waals surface area (Å²) in [5.41, 5.74) is 0.201. The summed E-state index contributed by atoms with van der Waals surface area (Å²) in [6, 6.07) is 4.03. The van der Waals surface area contributed by atoms with Crippen molar-refractivity contribution in [3.63, 3.8) is 0 Å². The van der Waals surface area contributed by atoms with Crippen molar-refractivity contribution >= 4 is 17.4 Å². The highest BCUT2D eigenvalue weighted by Crippen LogP contribution is 2.20. The van der Waals surface area contributed by atoms with Crippen LogP contribution >= 0.6 is 0 Å². The summed E-state index contributed by atoms with van der Waals surface area (Å²) in [6.07, 6.45) is 0. The lowest BCUT2D eigenvalue weighted by Crippen LogP contribution is -2.15. The highest BCUT2D eigenvalue weighted by Gasteiger charge is 2.15. The van der Waals surface area contributed by atoms with Gasteiger partial charge in [0, 0.05) is 30.4 Å². The molecule has 2 N–H and O–H groups in total. The van der Waals surface area contributed by atoms with E-state index in [1.165, 1.54) is 12.1 Å². The third-order valence-electron chi connectivity index (χ3n) is 2.71. The van der Waals surface area contributed by atoms with Crippen LogP contribution in [0.25, 0.3) is 0 Å². The second-order valence-electron chi connectivity index (χ2n) is 4.34. The van der Waals surface area contributed by atoms with Gasteiger partial charge in [0.2, 0.25) is 0 Å². The van der Waals surface area contributed by atoms with Crippen LogP contribution in [-0.2, 0) is 0 Å². The highest BCUT2D eigenvalue weighted by atomic mass is 19.2. The van der Waals surface area contributed by atoms with Crippen LogP contribution in [0.3, 0.4) is 0 Å². The maximum atomic E-state index is 13.5. The van der Waals surface area contributed by atoms with Gasteiger partial charge >= 0.3 is 0 Å². The number of rotatable bonds is 3. The molecule has 2 aromatic rings. The summed E-state index contributed by atoms with van der Waals surface area (Å²) in [5.74, 6) is -3.91. The van der Waals surface area contributed by atoms with Gasteiger partial charge in [0.05, 0.1) is 5.69 Å². The van der Waals surface area contributed by atoms with E-state index in [4.69, 9.17) is 0 Å². The molecule has 0 atom stereocenters. The monoisotopic (exact) mass is 295 g/mol. The molecule has 1 heterocycles. The average Bonchev–Trinajstić information content (AvgIpc) is 2.43. The molecule has 4 nitrogen and oxygen atoms in total. The maximum absolute atomic E-state index is 13.5. The Morgan fingerprint density at radius 2 is 1.86 bits per heavy atom. The minimum absolute atomic E-state index is 0.191. The molecule has 0 aliphatic carbocycles. The van der Waals surface area contributed by atoms with Gasteiger partial charge in [-0.2, -0.15) is 0 Å². The van der Waals surface area contributed by atoms with E-state index in [2.05, 4.69) is 15.6 Å². The molecule has 21 heavy (non-hydrogen) atoms. The number of aryl methyl sites for hydroxylation is 1. The Bertz CT molecular complexity index is 704. The number of amides is 1. The molecule has 0 fully saturated rings. The van der Waals surface area contributed by atoms with E-state index < -0.39 is 29.0 Å². The number of carbonyl (C=O) groups is 1. The molecule has 7 heteroatoms. The quantitative estimate of drug-likeness (QED) is 0.856. The van der Waals surface area contributed by atoms with Crippen LogP contribution in [-0.4, -0.2) is 17.9 Å². The first-order chi connectivity index (χ1) is 9.90. The van der Waals surface area contributed by atoms with Crippen LogP contribution in [0.15, 0.2) is 24.3 Å². The fourth-order valence-electron chi connectivity index (χ4n) is 1.77. The summed E-state index contributed by atoms with van der Waals surface area (Å²) >= 11 is 0. The zero-order valence-corrected chi connectivity index (χ0v) is 11.3. The zero-order chi connectivity index (χ0) is 15.6. The number of carbonyl (C=O) groups excluding carboxylic acids is 1. The third kappa shape index (κ3) is 3.31. The molecular formula is C14H12F3N3O. The van der Waals surface area contributed by atoms with Gasteiger partial charge in [-0.3, -0.25) is 4.79 Å². The largest absolute Gasteiger partial charge is 0.373 e. The lowest BCUT2D eigenvalue weighted by molar-refractivity contribution is 0.102. The Kier molecular flexibility index (Phi) is 4.11. The van der Waals surface area contributed by atoms with E-state index in [1.54, 1.807) is 14.0 Å². The number of anilines is 2. The smallest absolute Gasteiger partial charge is 0.255 e. The molecule has 1 aromatic heterocycles. The summed E-state index contributed by atoms with van der Waals surface area (Å²) in [4.78, 5) is 16.1. The molecule has 0 spiro atoms. The lowest BCUT2D eigenvalue weighted by Gasteiger charge is -2.09. The number of hydrogen-bond acceptors (Lipinski definition) is 3. The molecule has 0 saturated heterocycles. The average molecular weight is 295 g/mol. The minimum atomic E-state index is -1.37.